The molecule has 0 aliphatic carbocycles. The number of rotatable bonds is 7. The van der Waals surface area contributed by atoms with Gasteiger partial charge in [-0.05, 0) is 54.5 Å². The number of carbonyl (C=O) groups is 1. The molecular formula is C29H24F2N2O3S. The lowest BCUT2D eigenvalue weighted by Crippen LogP contribution is -2.07. The van der Waals surface area contributed by atoms with Gasteiger partial charge in [0.05, 0.1) is 35.2 Å². The standard InChI is InChI=1S/C29H24F2N2O3S/c1-2-35-28(34)11-13-37-29-21-4-3-12-32-26(21)17-36-27-10-6-18(14-22(27)29)5-8-20-9-7-19-15-23(30)24(31)16-25(19)33-20/h3-10,12,14-16,29H,2,11,13,17H2,1H3. The van der Waals surface area contributed by atoms with Gasteiger partial charge in [-0.1, -0.05) is 24.3 Å². The van der Waals surface area contributed by atoms with Crippen molar-refractivity contribution in [3.05, 3.63) is 101 Å². The molecule has 5 rings (SSSR count). The van der Waals surface area contributed by atoms with E-state index < -0.39 is 11.6 Å². The molecule has 1 atom stereocenters. The summed E-state index contributed by atoms with van der Waals surface area (Å²) in [6.07, 6.45) is 5.82. The van der Waals surface area contributed by atoms with Crippen LogP contribution in [0.3, 0.4) is 0 Å². The summed E-state index contributed by atoms with van der Waals surface area (Å²) in [4.78, 5) is 20.9. The zero-order valence-electron chi connectivity index (χ0n) is 20.1. The Morgan fingerprint density at radius 3 is 2.84 bits per heavy atom. The second-order valence-electron chi connectivity index (χ2n) is 8.46. The third kappa shape index (κ3) is 5.64. The van der Waals surface area contributed by atoms with Crippen molar-refractivity contribution in [1.29, 1.82) is 0 Å². The first-order valence-corrected chi connectivity index (χ1v) is 13.0. The Bertz CT molecular complexity index is 1490. The molecule has 2 aromatic carbocycles. The van der Waals surface area contributed by atoms with Gasteiger partial charge < -0.3 is 9.47 Å². The van der Waals surface area contributed by atoms with Crippen LogP contribution in [0.5, 0.6) is 5.75 Å². The van der Waals surface area contributed by atoms with Gasteiger partial charge >= 0.3 is 5.97 Å². The van der Waals surface area contributed by atoms with Crippen LogP contribution < -0.4 is 4.74 Å². The maximum Gasteiger partial charge on any atom is 0.306 e. The van der Waals surface area contributed by atoms with Gasteiger partial charge in [-0.2, -0.15) is 0 Å². The number of ether oxygens (including phenoxy) is 2. The molecule has 188 valence electrons. The fraction of sp³-hybridized carbons (Fsp3) is 0.207. The van der Waals surface area contributed by atoms with E-state index in [2.05, 4.69) is 16.0 Å². The molecule has 1 aliphatic rings. The van der Waals surface area contributed by atoms with Crippen molar-refractivity contribution < 1.29 is 23.0 Å². The van der Waals surface area contributed by atoms with E-state index in [-0.39, 0.29) is 11.2 Å². The largest absolute Gasteiger partial charge is 0.487 e. The molecule has 0 radical (unpaired) electrons. The lowest BCUT2D eigenvalue weighted by atomic mass is 10.0. The molecule has 0 N–H and O–H groups in total. The van der Waals surface area contributed by atoms with Crippen molar-refractivity contribution in [2.45, 2.75) is 25.2 Å². The number of benzene rings is 2. The average Bonchev–Trinajstić information content (AvgIpc) is 3.05. The van der Waals surface area contributed by atoms with E-state index >= 15 is 0 Å². The molecule has 0 amide bonds. The summed E-state index contributed by atoms with van der Waals surface area (Å²) in [5.41, 5.74) is 4.86. The Hall–Kier alpha value is -3.78. The number of carbonyl (C=O) groups excluding carboxylic acids is 1. The summed E-state index contributed by atoms with van der Waals surface area (Å²) in [5, 5.41) is 0.467. The van der Waals surface area contributed by atoms with Gasteiger partial charge in [-0.15, -0.1) is 11.8 Å². The van der Waals surface area contributed by atoms with Crippen molar-refractivity contribution in [3.8, 4) is 5.75 Å². The average molecular weight is 519 g/mol. The Balaban J connectivity index is 1.44. The van der Waals surface area contributed by atoms with Gasteiger partial charge in [0, 0.05) is 29.0 Å². The predicted molar refractivity (Wildman–Crippen MR) is 141 cm³/mol. The van der Waals surface area contributed by atoms with Crippen LogP contribution in [0.2, 0.25) is 0 Å². The number of nitrogens with zero attached hydrogens (tertiary/aromatic N) is 2. The van der Waals surface area contributed by atoms with Crippen molar-refractivity contribution in [3.63, 3.8) is 0 Å². The Labute approximate surface area is 217 Å². The normalized spacial score (nSPS) is 14.6. The zero-order chi connectivity index (χ0) is 25.8. The van der Waals surface area contributed by atoms with Crippen LogP contribution in [0.1, 0.15) is 46.7 Å². The SMILES string of the molecule is CCOC(=O)CCSC1c2cc(C=Cc3ccc4cc(F)c(F)cc4n3)ccc2OCc2ncccc21. The van der Waals surface area contributed by atoms with Crippen LogP contribution in [0.4, 0.5) is 8.78 Å². The van der Waals surface area contributed by atoms with E-state index in [0.717, 1.165) is 40.3 Å². The number of hydrogen-bond acceptors (Lipinski definition) is 6. The summed E-state index contributed by atoms with van der Waals surface area (Å²) in [7, 11) is 0. The third-order valence-electron chi connectivity index (χ3n) is 5.98. The van der Waals surface area contributed by atoms with Crippen molar-refractivity contribution in [2.75, 3.05) is 12.4 Å². The monoisotopic (exact) mass is 518 g/mol. The smallest absolute Gasteiger partial charge is 0.306 e. The van der Waals surface area contributed by atoms with Crippen LogP contribution in [0.25, 0.3) is 23.1 Å². The zero-order valence-corrected chi connectivity index (χ0v) is 20.9. The van der Waals surface area contributed by atoms with Gasteiger partial charge in [0.25, 0.3) is 0 Å². The minimum atomic E-state index is -0.923. The Morgan fingerprint density at radius 1 is 1.11 bits per heavy atom. The second kappa shape index (κ2) is 11.1. The Morgan fingerprint density at radius 2 is 1.97 bits per heavy atom. The maximum absolute atomic E-state index is 13.7. The number of pyridine rings is 2. The van der Waals surface area contributed by atoms with Crippen molar-refractivity contribution in [2.24, 2.45) is 0 Å². The van der Waals surface area contributed by atoms with E-state index in [1.165, 1.54) is 0 Å². The number of aromatic nitrogens is 2. The molecular weight excluding hydrogens is 494 g/mol. The van der Waals surface area contributed by atoms with E-state index in [4.69, 9.17) is 9.47 Å². The molecule has 1 aliphatic heterocycles. The lowest BCUT2D eigenvalue weighted by molar-refractivity contribution is -0.142. The highest BCUT2D eigenvalue weighted by Gasteiger charge is 2.26. The third-order valence-corrected chi connectivity index (χ3v) is 7.27. The molecule has 1 unspecified atom stereocenters. The number of hydrogen-bond donors (Lipinski definition) is 0. The molecule has 0 fully saturated rings. The topological polar surface area (TPSA) is 61.3 Å². The highest BCUT2D eigenvalue weighted by atomic mass is 32.2. The summed E-state index contributed by atoms with van der Waals surface area (Å²) >= 11 is 1.65. The fourth-order valence-electron chi connectivity index (χ4n) is 4.21. The van der Waals surface area contributed by atoms with Crippen molar-refractivity contribution in [1.82, 2.24) is 9.97 Å². The van der Waals surface area contributed by atoms with Crippen LogP contribution in [0.15, 0.2) is 60.8 Å². The minimum Gasteiger partial charge on any atom is -0.487 e. The Kier molecular flexibility index (Phi) is 7.46. The van der Waals surface area contributed by atoms with Gasteiger partial charge in [-0.25, -0.2) is 13.8 Å². The summed E-state index contributed by atoms with van der Waals surface area (Å²) < 4.78 is 38.3. The highest BCUT2D eigenvalue weighted by molar-refractivity contribution is 7.99. The van der Waals surface area contributed by atoms with E-state index in [1.807, 2.05) is 36.4 Å². The second-order valence-corrected chi connectivity index (χ2v) is 9.67. The quantitative estimate of drug-likeness (QED) is 0.252. The van der Waals surface area contributed by atoms with E-state index in [9.17, 15) is 13.6 Å². The predicted octanol–water partition coefficient (Wildman–Crippen LogP) is 6.75. The summed E-state index contributed by atoms with van der Waals surface area (Å²) in [6.45, 7) is 2.53. The molecule has 3 heterocycles. The molecule has 0 spiro atoms. The fourth-order valence-corrected chi connectivity index (χ4v) is 5.49. The number of fused-ring (bicyclic) bond motifs is 3. The molecule has 8 heteroatoms. The van der Waals surface area contributed by atoms with Crippen LogP contribution >= 0.6 is 11.8 Å². The van der Waals surface area contributed by atoms with E-state index in [0.29, 0.717) is 42.0 Å². The van der Waals surface area contributed by atoms with Crippen LogP contribution in [-0.2, 0) is 16.1 Å². The van der Waals surface area contributed by atoms with Crippen LogP contribution in [0, 0.1) is 11.6 Å². The molecule has 0 bridgehead atoms. The lowest BCUT2D eigenvalue weighted by Gasteiger charge is -2.18. The van der Waals surface area contributed by atoms with Gasteiger partial charge in [0.15, 0.2) is 11.6 Å². The van der Waals surface area contributed by atoms with Crippen LogP contribution in [-0.4, -0.2) is 28.3 Å². The molecule has 5 nitrogen and oxygen atoms in total. The maximum atomic E-state index is 13.7. The highest BCUT2D eigenvalue weighted by Crippen LogP contribution is 2.44. The molecule has 0 saturated carbocycles. The summed E-state index contributed by atoms with van der Waals surface area (Å²) in [6, 6.07) is 15.6. The number of halogens is 2. The first-order chi connectivity index (χ1) is 18.0. The number of thioether (sulfide) groups is 1. The van der Waals surface area contributed by atoms with E-state index in [1.54, 1.807) is 37.0 Å². The first-order valence-electron chi connectivity index (χ1n) is 11.9. The molecule has 4 aromatic rings. The minimum absolute atomic E-state index is 0.0688. The molecule has 37 heavy (non-hydrogen) atoms. The molecule has 0 saturated heterocycles. The summed E-state index contributed by atoms with van der Waals surface area (Å²) in [5.74, 6) is -0.668. The van der Waals surface area contributed by atoms with Gasteiger partial charge in [0.1, 0.15) is 12.4 Å². The molecule has 2 aromatic heterocycles. The number of esters is 1. The van der Waals surface area contributed by atoms with Crippen molar-refractivity contribution >= 4 is 40.8 Å². The first kappa shape index (κ1) is 24.9. The van der Waals surface area contributed by atoms with Gasteiger partial charge in [0.2, 0.25) is 0 Å². The van der Waals surface area contributed by atoms with Gasteiger partial charge in [-0.3, -0.25) is 9.78 Å².